The molecule has 0 fully saturated rings. The summed E-state index contributed by atoms with van der Waals surface area (Å²) in [6.07, 6.45) is 2.37. The van der Waals surface area contributed by atoms with E-state index in [1.54, 1.807) is 0 Å². The van der Waals surface area contributed by atoms with Crippen LogP contribution in [-0.2, 0) is 0 Å². The van der Waals surface area contributed by atoms with Gasteiger partial charge in [-0.05, 0) is 45.5 Å². The number of benzene rings is 3. The van der Waals surface area contributed by atoms with Crippen LogP contribution in [0.15, 0.2) is 60.7 Å². The lowest BCUT2D eigenvalue weighted by Crippen LogP contribution is -1.96. The molecule has 1 unspecified atom stereocenters. The number of hydrogen-bond donors (Lipinski definition) is 0. The van der Waals surface area contributed by atoms with E-state index in [-0.39, 0.29) is 0 Å². The van der Waals surface area contributed by atoms with Crippen molar-refractivity contribution in [2.45, 2.75) is 19.8 Å². The topological polar surface area (TPSA) is 0 Å². The van der Waals surface area contributed by atoms with Crippen LogP contribution in [0.4, 0.5) is 0 Å². The van der Waals surface area contributed by atoms with Gasteiger partial charge in [-0.15, -0.1) is 0 Å². The summed E-state index contributed by atoms with van der Waals surface area (Å²) in [5.74, 6) is 0.465. The molecule has 3 aromatic carbocycles. The summed E-state index contributed by atoms with van der Waals surface area (Å²) in [7, 11) is 0. The molecule has 102 valence electrons. The van der Waals surface area contributed by atoms with Gasteiger partial charge in [-0.1, -0.05) is 73.7 Å². The summed E-state index contributed by atoms with van der Waals surface area (Å²) >= 11 is 0. The van der Waals surface area contributed by atoms with Gasteiger partial charge in [-0.2, -0.15) is 0 Å². The number of hydrogen-bond acceptors (Lipinski definition) is 0. The molecule has 0 saturated heterocycles. The molecule has 0 nitrogen and oxygen atoms in total. The average Bonchev–Trinajstić information content (AvgIpc) is 2.85. The third kappa shape index (κ3) is 1.83. The molecule has 0 bridgehead atoms. The lowest BCUT2D eigenvalue weighted by Gasteiger charge is -2.15. The van der Waals surface area contributed by atoms with E-state index in [0.29, 0.717) is 5.92 Å². The van der Waals surface area contributed by atoms with E-state index < -0.39 is 0 Å². The molecule has 0 saturated carbocycles. The summed E-state index contributed by atoms with van der Waals surface area (Å²) in [6, 6.07) is 21.9. The van der Waals surface area contributed by atoms with Gasteiger partial charge in [-0.25, -0.2) is 0 Å². The molecule has 0 radical (unpaired) electrons. The zero-order valence-electron chi connectivity index (χ0n) is 12.4. The Hall–Kier alpha value is -2.34. The molecule has 1 aliphatic carbocycles. The van der Waals surface area contributed by atoms with Crippen LogP contribution in [0.3, 0.4) is 0 Å². The van der Waals surface area contributed by atoms with Crippen molar-refractivity contribution in [3.8, 4) is 0 Å². The third-order valence-electron chi connectivity index (χ3n) is 4.67. The number of allylic oxidation sites excluding steroid dienone is 1. The number of aryl methyl sites for hydroxylation is 1. The smallest absolute Gasteiger partial charge is 0.00759 e. The Balaban J connectivity index is 1.94. The van der Waals surface area contributed by atoms with Gasteiger partial charge in [0.2, 0.25) is 0 Å². The van der Waals surface area contributed by atoms with Crippen LogP contribution < -0.4 is 0 Å². The minimum Gasteiger partial charge on any atom is -0.0616 e. The second-order valence-electron chi connectivity index (χ2n) is 5.93. The standard InChI is InChI=1S/C21H18/c1-14-7-5-10-17-13-20(15(2)21(14)17)19-12-6-9-16-8-3-4-11-18(16)19/h3-13,15H,1-2H3. The number of rotatable bonds is 1. The molecule has 0 aliphatic heterocycles. The summed E-state index contributed by atoms with van der Waals surface area (Å²) in [4.78, 5) is 0. The predicted molar refractivity (Wildman–Crippen MR) is 91.4 cm³/mol. The van der Waals surface area contributed by atoms with E-state index in [4.69, 9.17) is 0 Å². The second kappa shape index (κ2) is 4.60. The van der Waals surface area contributed by atoms with Gasteiger partial charge in [0.05, 0.1) is 0 Å². The van der Waals surface area contributed by atoms with Crippen LogP contribution in [0.2, 0.25) is 0 Å². The van der Waals surface area contributed by atoms with Gasteiger partial charge in [0.1, 0.15) is 0 Å². The van der Waals surface area contributed by atoms with Crippen molar-refractivity contribution in [2.24, 2.45) is 0 Å². The van der Waals surface area contributed by atoms with E-state index >= 15 is 0 Å². The van der Waals surface area contributed by atoms with Crippen molar-refractivity contribution < 1.29 is 0 Å². The molecule has 0 N–H and O–H groups in total. The molecule has 1 aliphatic rings. The first-order valence-electron chi connectivity index (χ1n) is 7.55. The lowest BCUT2D eigenvalue weighted by atomic mass is 9.88. The molecule has 0 aromatic heterocycles. The van der Waals surface area contributed by atoms with E-state index in [2.05, 4.69) is 80.6 Å². The molecule has 0 amide bonds. The fraction of sp³-hybridized carbons (Fsp3) is 0.143. The van der Waals surface area contributed by atoms with Gasteiger partial charge in [-0.3, -0.25) is 0 Å². The number of fused-ring (bicyclic) bond motifs is 2. The summed E-state index contributed by atoms with van der Waals surface area (Å²) in [6.45, 7) is 4.54. The van der Waals surface area contributed by atoms with Crippen molar-refractivity contribution in [1.82, 2.24) is 0 Å². The highest BCUT2D eigenvalue weighted by Gasteiger charge is 2.24. The van der Waals surface area contributed by atoms with Gasteiger partial charge in [0.15, 0.2) is 0 Å². The maximum atomic E-state index is 2.37. The van der Waals surface area contributed by atoms with Crippen LogP contribution >= 0.6 is 0 Å². The Morgan fingerprint density at radius 2 is 1.57 bits per heavy atom. The van der Waals surface area contributed by atoms with E-state index in [0.717, 1.165) is 0 Å². The Bertz CT molecular complexity index is 863. The Morgan fingerprint density at radius 1 is 0.810 bits per heavy atom. The van der Waals surface area contributed by atoms with E-state index in [1.807, 2.05) is 0 Å². The highest BCUT2D eigenvalue weighted by atomic mass is 14.3. The second-order valence-corrected chi connectivity index (χ2v) is 5.93. The average molecular weight is 270 g/mol. The zero-order valence-corrected chi connectivity index (χ0v) is 12.4. The largest absolute Gasteiger partial charge is 0.0616 e. The fourth-order valence-corrected chi connectivity index (χ4v) is 3.66. The zero-order chi connectivity index (χ0) is 14.4. The minimum atomic E-state index is 0.465. The maximum Gasteiger partial charge on any atom is 0.00759 e. The van der Waals surface area contributed by atoms with E-state index in [1.165, 1.54) is 38.6 Å². The maximum absolute atomic E-state index is 2.37. The minimum absolute atomic E-state index is 0.465. The first-order chi connectivity index (χ1) is 10.3. The lowest BCUT2D eigenvalue weighted by molar-refractivity contribution is 0.993. The molecule has 21 heavy (non-hydrogen) atoms. The van der Waals surface area contributed by atoms with Crippen molar-refractivity contribution in [3.05, 3.63) is 82.9 Å². The molecule has 1 atom stereocenters. The summed E-state index contributed by atoms with van der Waals surface area (Å²) in [5.41, 5.74) is 7.07. The van der Waals surface area contributed by atoms with Gasteiger partial charge in [0.25, 0.3) is 0 Å². The summed E-state index contributed by atoms with van der Waals surface area (Å²) in [5, 5.41) is 2.67. The quantitative estimate of drug-likeness (QED) is 0.523. The van der Waals surface area contributed by atoms with Gasteiger partial charge < -0.3 is 0 Å². The van der Waals surface area contributed by atoms with Crippen molar-refractivity contribution in [1.29, 1.82) is 0 Å². The highest BCUT2D eigenvalue weighted by Crippen LogP contribution is 2.44. The molecular formula is C21H18. The van der Waals surface area contributed by atoms with Crippen molar-refractivity contribution >= 4 is 22.4 Å². The monoisotopic (exact) mass is 270 g/mol. The first kappa shape index (κ1) is 12.4. The molecule has 0 heteroatoms. The van der Waals surface area contributed by atoms with Crippen LogP contribution in [0.25, 0.3) is 22.4 Å². The van der Waals surface area contributed by atoms with E-state index in [9.17, 15) is 0 Å². The predicted octanol–water partition coefficient (Wildman–Crippen LogP) is 5.81. The van der Waals surface area contributed by atoms with Crippen molar-refractivity contribution in [2.75, 3.05) is 0 Å². The third-order valence-corrected chi connectivity index (χ3v) is 4.67. The van der Waals surface area contributed by atoms with Crippen molar-refractivity contribution in [3.63, 3.8) is 0 Å². The van der Waals surface area contributed by atoms with Gasteiger partial charge in [0, 0.05) is 5.92 Å². The Kier molecular flexibility index (Phi) is 2.71. The fourth-order valence-electron chi connectivity index (χ4n) is 3.66. The van der Waals surface area contributed by atoms with Crippen LogP contribution in [-0.4, -0.2) is 0 Å². The normalized spacial score (nSPS) is 16.9. The Labute approximate surface area is 125 Å². The van der Waals surface area contributed by atoms with Crippen LogP contribution in [0, 0.1) is 6.92 Å². The highest BCUT2D eigenvalue weighted by molar-refractivity contribution is 6.01. The van der Waals surface area contributed by atoms with Gasteiger partial charge >= 0.3 is 0 Å². The van der Waals surface area contributed by atoms with Crippen LogP contribution in [0.5, 0.6) is 0 Å². The summed E-state index contributed by atoms with van der Waals surface area (Å²) < 4.78 is 0. The Morgan fingerprint density at radius 3 is 2.43 bits per heavy atom. The molecule has 3 aromatic rings. The molecule has 0 spiro atoms. The van der Waals surface area contributed by atoms with Crippen LogP contribution in [0.1, 0.15) is 35.1 Å². The molecule has 4 rings (SSSR count). The SMILES string of the molecule is Cc1cccc2c1C(C)C(c1cccc3ccccc13)=C2. The first-order valence-corrected chi connectivity index (χ1v) is 7.55. The molecular weight excluding hydrogens is 252 g/mol. The molecule has 0 heterocycles.